The Labute approximate surface area is 76.9 Å². The molecule has 0 fully saturated rings. The third kappa shape index (κ3) is 1.04. The molecule has 0 aliphatic heterocycles. The van der Waals surface area contributed by atoms with Crippen LogP contribution >= 0.6 is 27.5 Å². The maximum absolute atomic E-state index is 5.82. The highest BCUT2D eigenvalue weighted by molar-refractivity contribution is 9.10. The average Bonchev–Trinajstić information content (AvgIpc) is 2.35. The van der Waals surface area contributed by atoms with Gasteiger partial charge in [-0.15, -0.1) is 0 Å². The first-order valence-corrected chi connectivity index (χ1v) is 4.23. The summed E-state index contributed by atoms with van der Waals surface area (Å²) in [5.74, 6) is 0. The third-order valence-electron chi connectivity index (χ3n) is 1.48. The van der Waals surface area contributed by atoms with Gasteiger partial charge in [0.25, 0.3) is 0 Å². The number of rotatable bonds is 0. The molecule has 0 aliphatic carbocycles. The van der Waals surface area contributed by atoms with Crippen molar-refractivity contribution in [2.45, 2.75) is 0 Å². The summed E-state index contributed by atoms with van der Waals surface area (Å²) in [6, 6.07) is 3.85. The van der Waals surface area contributed by atoms with E-state index in [1.165, 1.54) is 0 Å². The molecule has 0 aliphatic rings. The molecule has 0 saturated heterocycles. The first-order valence-electron chi connectivity index (χ1n) is 3.06. The molecule has 4 heteroatoms. The monoisotopic (exact) mass is 230 g/mol. The number of halogens is 2. The summed E-state index contributed by atoms with van der Waals surface area (Å²) >= 11 is 9.20. The van der Waals surface area contributed by atoms with Gasteiger partial charge in [-0.2, -0.15) is 0 Å². The molecule has 0 aromatic carbocycles. The van der Waals surface area contributed by atoms with Crippen molar-refractivity contribution in [1.29, 1.82) is 0 Å². The Morgan fingerprint density at radius 3 is 3.00 bits per heavy atom. The first kappa shape index (κ1) is 7.13. The molecule has 0 N–H and O–H groups in total. The number of hydrogen-bond acceptors (Lipinski definition) is 1. The van der Waals surface area contributed by atoms with Crippen LogP contribution in [0.3, 0.4) is 0 Å². The van der Waals surface area contributed by atoms with Crippen LogP contribution in [0.4, 0.5) is 0 Å². The van der Waals surface area contributed by atoms with Crippen LogP contribution in [-0.4, -0.2) is 9.38 Å². The van der Waals surface area contributed by atoms with Crippen LogP contribution < -0.4 is 0 Å². The quantitative estimate of drug-likeness (QED) is 0.681. The van der Waals surface area contributed by atoms with E-state index in [1.54, 1.807) is 6.20 Å². The van der Waals surface area contributed by atoms with Crippen LogP contribution in [0.25, 0.3) is 5.52 Å². The summed E-state index contributed by atoms with van der Waals surface area (Å²) < 4.78 is 2.91. The normalized spacial score (nSPS) is 10.7. The van der Waals surface area contributed by atoms with E-state index in [-0.39, 0.29) is 0 Å². The van der Waals surface area contributed by atoms with Crippen LogP contribution in [0.1, 0.15) is 0 Å². The summed E-state index contributed by atoms with van der Waals surface area (Å²) in [7, 11) is 0. The molecular formula is C7H4BrClN2. The zero-order valence-corrected chi connectivity index (χ0v) is 7.80. The SMILES string of the molecule is Clc1nccn2c(Br)ccc12. The standard InChI is InChI=1S/C7H4BrClN2/c8-6-2-1-5-7(9)10-3-4-11(5)6/h1-4H. The van der Waals surface area contributed by atoms with Crippen molar-refractivity contribution in [2.75, 3.05) is 0 Å². The topological polar surface area (TPSA) is 17.3 Å². The Balaban J connectivity index is 2.94. The van der Waals surface area contributed by atoms with Crippen LogP contribution in [0, 0.1) is 0 Å². The van der Waals surface area contributed by atoms with E-state index in [9.17, 15) is 0 Å². The number of nitrogens with zero attached hydrogens (tertiary/aromatic N) is 2. The number of fused-ring (bicyclic) bond motifs is 1. The molecule has 0 bridgehead atoms. The van der Waals surface area contributed by atoms with E-state index < -0.39 is 0 Å². The predicted molar refractivity (Wildman–Crippen MR) is 47.9 cm³/mol. The van der Waals surface area contributed by atoms with Gasteiger partial charge < -0.3 is 4.40 Å². The van der Waals surface area contributed by atoms with Gasteiger partial charge in [0.2, 0.25) is 0 Å². The maximum atomic E-state index is 5.82. The fourth-order valence-corrected chi connectivity index (χ4v) is 1.63. The van der Waals surface area contributed by atoms with Gasteiger partial charge in [0, 0.05) is 12.4 Å². The highest BCUT2D eigenvalue weighted by Gasteiger charge is 2.00. The Morgan fingerprint density at radius 2 is 2.27 bits per heavy atom. The second-order valence-electron chi connectivity index (χ2n) is 2.13. The molecule has 2 aromatic rings. The van der Waals surface area contributed by atoms with E-state index in [4.69, 9.17) is 11.6 Å². The summed E-state index contributed by atoms with van der Waals surface area (Å²) in [5.41, 5.74) is 0.918. The lowest BCUT2D eigenvalue weighted by molar-refractivity contribution is 1.11. The second-order valence-corrected chi connectivity index (χ2v) is 3.30. The summed E-state index contributed by atoms with van der Waals surface area (Å²) in [6.45, 7) is 0. The van der Waals surface area contributed by atoms with Gasteiger partial charge in [-0.25, -0.2) is 4.98 Å². The van der Waals surface area contributed by atoms with Gasteiger partial charge in [0.05, 0.1) is 10.1 Å². The lowest BCUT2D eigenvalue weighted by Gasteiger charge is -1.95. The Kier molecular flexibility index (Phi) is 1.62. The summed E-state index contributed by atoms with van der Waals surface area (Å²) in [6.07, 6.45) is 3.52. The minimum Gasteiger partial charge on any atom is -0.307 e. The van der Waals surface area contributed by atoms with Crippen molar-refractivity contribution in [3.05, 3.63) is 34.3 Å². The molecule has 2 rings (SSSR count). The van der Waals surface area contributed by atoms with E-state index in [2.05, 4.69) is 20.9 Å². The van der Waals surface area contributed by atoms with E-state index in [0.29, 0.717) is 5.15 Å². The van der Waals surface area contributed by atoms with E-state index in [1.807, 2.05) is 22.7 Å². The van der Waals surface area contributed by atoms with Gasteiger partial charge in [-0.1, -0.05) is 11.6 Å². The maximum Gasteiger partial charge on any atom is 0.153 e. The van der Waals surface area contributed by atoms with Crippen LogP contribution in [0.2, 0.25) is 5.15 Å². The average molecular weight is 231 g/mol. The molecule has 2 nitrogen and oxygen atoms in total. The highest BCUT2D eigenvalue weighted by Crippen LogP contribution is 2.20. The molecule has 2 aromatic heterocycles. The molecular weight excluding hydrogens is 227 g/mol. The molecule has 56 valence electrons. The molecule has 0 atom stereocenters. The van der Waals surface area contributed by atoms with Crippen molar-refractivity contribution >= 4 is 33.0 Å². The molecule has 0 unspecified atom stereocenters. The fraction of sp³-hybridized carbons (Fsp3) is 0. The fourth-order valence-electron chi connectivity index (χ4n) is 0.975. The lowest BCUT2D eigenvalue weighted by Crippen LogP contribution is -1.85. The first-order chi connectivity index (χ1) is 5.29. The number of hydrogen-bond donors (Lipinski definition) is 0. The predicted octanol–water partition coefficient (Wildman–Crippen LogP) is 2.75. The van der Waals surface area contributed by atoms with Gasteiger partial charge in [-0.05, 0) is 28.1 Å². The molecule has 0 amide bonds. The smallest absolute Gasteiger partial charge is 0.153 e. The van der Waals surface area contributed by atoms with E-state index >= 15 is 0 Å². The zero-order valence-electron chi connectivity index (χ0n) is 5.46. The second kappa shape index (κ2) is 2.50. The van der Waals surface area contributed by atoms with Crippen molar-refractivity contribution in [2.24, 2.45) is 0 Å². The zero-order chi connectivity index (χ0) is 7.84. The van der Waals surface area contributed by atoms with Crippen molar-refractivity contribution < 1.29 is 0 Å². The van der Waals surface area contributed by atoms with Crippen molar-refractivity contribution in [1.82, 2.24) is 9.38 Å². The molecule has 0 radical (unpaired) electrons. The highest BCUT2D eigenvalue weighted by atomic mass is 79.9. The minimum atomic E-state index is 0.526. The Hall–Kier alpha value is -0.540. The van der Waals surface area contributed by atoms with Crippen LogP contribution in [0.15, 0.2) is 29.1 Å². The lowest BCUT2D eigenvalue weighted by atomic mass is 10.5. The summed E-state index contributed by atoms with van der Waals surface area (Å²) in [4.78, 5) is 3.94. The third-order valence-corrected chi connectivity index (χ3v) is 2.42. The van der Waals surface area contributed by atoms with E-state index in [0.717, 1.165) is 10.1 Å². The molecule has 2 heterocycles. The molecule has 11 heavy (non-hydrogen) atoms. The van der Waals surface area contributed by atoms with Gasteiger partial charge in [0.15, 0.2) is 5.15 Å². The van der Waals surface area contributed by atoms with Crippen LogP contribution in [-0.2, 0) is 0 Å². The number of aromatic nitrogens is 2. The largest absolute Gasteiger partial charge is 0.307 e. The van der Waals surface area contributed by atoms with Gasteiger partial charge >= 0.3 is 0 Å². The van der Waals surface area contributed by atoms with Crippen LogP contribution in [0.5, 0.6) is 0 Å². The molecule has 0 saturated carbocycles. The Bertz CT molecular complexity index is 396. The van der Waals surface area contributed by atoms with Crippen molar-refractivity contribution in [3.63, 3.8) is 0 Å². The molecule has 0 spiro atoms. The minimum absolute atomic E-state index is 0.526. The summed E-state index contributed by atoms with van der Waals surface area (Å²) in [5, 5.41) is 0.526. The van der Waals surface area contributed by atoms with Gasteiger partial charge in [0.1, 0.15) is 0 Å². The Morgan fingerprint density at radius 1 is 1.45 bits per heavy atom. The van der Waals surface area contributed by atoms with Crippen molar-refractivity contribution in [3.8, 4) is 0 Å². The van der Waals surface area contributed by atoms with Gasteiger partial charge in [-0.3, -0.25) is 0 Å².